The Kier molecular flexibility index (Phi) is 5.40. The van der Waals surface area contributed by atoms with Crippen molar-refractivity contribution in [2.75, 3.05) is 0 Å². The van der Waals surface area contributed by atoms with Crippen molar-refractivity contribution >= 4 is 34.2 Å². The Balaban J connectivity index is 1.63. The first-order valence-corrected chi connectivity index (χ1v) is 11.1. The van der Waals surface area contributed by atoms with Gasteiger partial charge in [-0.05, 0) is 69.2 Å². The number of nitrogens with zero attached hydrogens (tertiary/aromatic N) is 2. The van der Waals surface area contributed by atoms with E-state index in [1.807, 2.05) is 23.6 Å². The third-order valence-electron chi connectivity index (χ3n) is 5.79. The lowest BCUT2D eigenvalue weighted by atomic mass is 9.96. The molecule has 2 atom stereocenters. The van der Waals surface area contributed by atoms with E-state index in [1.54, 1.807) is 20.0 Å². The molecule has 6 heteroatoms. The molecule has 2 N–H and O–H groups in total. The summed E-state index contributed by atoms with van der Waals surface area (Å²) in [6, 6.07) is 3.82. The molecule has 1 aromatic carbocycles. The van der Waals surface area contributed by atoms with E-state index in [0.29, 0.717) is 28.8 Å². The summed E-state index contributed by atoms with van der Waals surface area (Å²) in [7, 11) is 0. The first kappa shape index (κ1) is 20.0. The fraction of sp³-hybridized carbons (Fsp3) is 0.435. The van der Waals surface area contributed by atoms with Gasteiger partial charge in [0.05, 0.1) is 11.2 Å². The molecule has 0 saturated heterocycles. The number of rotatable bonds is 6. The number of oxazole rings is 1. The van der Waals surface area contributed by atoms with Crippen LogP contribution in [0.2, 0.25) is 0 Å². The van der Waals surface area contributed by atoms with Gasteiger partial charge in [0.2, 0.25) is 5.89 Å². The van der Waals surface area contributed by atoms with Gasteiger partial charge in [-0.1, -0.05) is 13.0 Å². The van der Waals surface area contributed by atoms with E-state index < -0.39 is 5.60 Å². The number of hydrogen-bond donors (Lipinski definition) is 2. The molecule has 2 aromatic heterocycles. The molecule has 1 fully saturated rings. The quantitative estimate of drug-likeness (QED) is 0.520. The highest BCUT2D eigenvalue weighted by Gasteiger charge is 2.28. The molecule has 0 spiro atoms. The zero-order valence-corrected chi connectivity index (χ0v) is 17.9. The average Bonchev–Trinajstić information content (AvgIpc) is 3.40. The summed E-state index contributed by atoms with van der Waals surface area (Å²) in [5, 5.41) is 21.6. The number of hydrogen-bond acceptors (Lipinski definition) is 6. The minimum Gasteiger partial charge on any atom is -0.436 e. The van der Waals surface area contributed by atoms with Gasteiger partial charge in [-0.15, -0.1) is 11.3 Å². The number of allylic oxidation sites excluding steroid dienone is 1. The summed E-state index contributed by atoms with van der Waals surface area (Å²) < 4.78 is 6.06. The van der Waals surface area contributed by atoms with E-state index in [2.05, 4.69) is 23.0 Å². The molecule has 1 aliphatic rings. The lowest BCUT2D eigenvalue weighted by molar-refractivity contribution is 0.0787. The van der Waals surface area contributed by atoms with Crippen LogP contribution >= 0.6 is 11.3 Å². The fourth-order valence-corrected chi connectivity index (χ4v) is 4.69. The molecule has 0 bridgehead atoms. The van der Waals surface area contributed by atoms with Gasteiger partial charge in [0.15, 0.2) is 5.58 Å². The fourth-order valence-electron chi connectivity index (χ4n) is 4.04. The average molecular weight is 410 g/mol. The number of thiazole rings is 1. The predicted octanol–water partition coefficient (Wildman–Crippen LogP) is 6.04. The Labute approximate surface area is 175 Å². The Morgan fingerprint density at radius 3 is 2.76 bits per heavy atom. The summed E-state index contributed by atoms with van der Waals surface area (Å²) in [4.78, 5) is 9.04. The van der Waals surface area contributed by atoms with Crippen LogP contribution in [0, 0.1) is 17.2 Å². The van der Waals surface area contributed by atoms with Gasteiger partial charge < -0.3 is 14.9 Å². The van der Waals surface area contributed by atoms with Crippen LogP contribution in [0.15, 0.2) is 34.2 Å². The number of benzene rings is 1. The maximum Gasteiger partial charge on any atom is 0.219 e. The summed E-state index contributed by atoms with van der Waals surface area (Å²) in [6.07, 6.45) is 9.88. The number of aromatic nitrogens is 2. The lowest BCUT2D eigenvalue weighted by Crippen LogP contribution is -2.15. The first-order chi connectivity index (χ1) is 13.9. The van der Waals surface area contributed by atoms with Crippen LogP contribution in [0.25, 0.3) is 27.7 Å². The summed E-state index contributed by atoms with van der Waals surface area (Å²) >= 11 is 1.53. The van der Waals surface area contributed by atoms with E-state index in [9.17, 15) is 5.11 Å². The number of nitrogens with one attached hydrogen (secondary N) is 1. The van der Waals surface area contributed by atoms with Crippen molar-refractivity contribution in [2.45, 2.75) is 52.1 Å². The monoisotopic (exact) mass is 409 g/mol. The molecule has 3 aromatic rings. The molecule has 4 rings (SSSR count). The minimum absolute atomic E-state index is 0.341. The van der Waals surface area contributed by atoms with Gasteiger partial charge in [0, 0.05) is 23.2 Å². The van der Waals surface area contributed by atoms with E-state index in [1.165, 1.54) is 11.3 Å². The van der Waals surface area contributed by atoms with Crippen LogP contribution in [0.5, 0.6) is 0 Å². The van der Waals surface area contributed by atoms with E-state index >= 15 is 0 Å². The number of fused-ring (bicyclic) bond motifs is 1. The summed E-state index contributed by atoms with van der Waals surface area (Å²) in [5.74, 6) is 1.34. The third-order valence-corrected chi connectivity index (χ3v) is 6.60. The van der Waals surface area contributed by atoms with Crippen LogP contribution in [0.3, 0.4) is 0 Å². The Hall–Kier alpha value is -2.31. The highest BCUT2D eigenvalue weighted by molar-refractivity contribution is 7.13. The second kappa shape index (κ2) is 7.84. The SMILES string of the molecule is CCC1CCC(C/C=C/c2nc3cc(C(C)(C)O)cc(-c4nccs4)c3o2)C1=N. The third kappa shape index (κ3) is 4.05. The molecule has 152 valence electrons. The van der Waals surface area contributed by atoms with Gasteiger partial charge in [-0.3, -0.25) is 0 Å². The lowest BCUT2D eigenvalue weighted by Gasteiger charge is -2.18. The van der Waals surface area contributed by atoms with Gasteiger partial charge >= 0.3 is 0 Å². The minimum atomic E-state index is -0.978. The molecule has 2 unspecified atom stereocenters. The smallest absolute Gasteiger partial charge is 0.219 e. The van der Waals surface area contributed by atoms with Gasteiger partial charge in [-0.2, -0.15) is 0 Å². The zero-order valence-electron chi connectivity index (χ0n) is 17.1. The van der Waals surface area contributed by atoms with Crippen molar-refractivity contribution in [1.82, 2.24) is 9.97 Å². The molecule has 0 aliphatic heterocycles. The van der Waals surface area contributed by atoms with Crippen LogP contribution in [0.4, 0.5) is 0 Å². The Morgan fingerprint density at radius 2 is 2.10 bits per heavy atom. The van der Waals surface area contributed by atoms with Crippen LogP contribution in [-0.2, 0) is 5.60 Å². The van der Waals surface area contributed by atoms with Crippen molar-refractivity contribution in [2.24, 2.45) is 11.8 Å². The maximum absolute atomic E-state index is 10.5. The predicted molar refractivity (Wildman–Crippen MR) is 118 cm³/mol. The Bertz CT molecular complexity index is 1040. The maximum atomic E-state index is 10.5. The van der Waals surface area contributed by atoms with E-state index in [0.717, 1.165) is 47.5 Å². The molecule has 29 heavy (non-hydrogen) atoms. The first-order valence-electron chi connectivity index (χ1n) is 10.2. The normalized spacial score (nSPS) is 20.3. The van der Waals surface area contributed by atoms with E-state index in [-0.39, 0.29) is 0 Å². The molecule has 2 heterocycles. The standard InChI is InChI=1S/C23H27N3O2S/c1-4-14-8-9-15(20(14)24)6-5-7-19-26-18-13-16(23(2,3)27)12-17(21(18)28-19)22-25-10-11-29-22/h5,7,10-15,24,27H,4,6,8-9H2,1-3H3/b7-5+,24-20?. The van der Waals surface area contributed by atoms with Crippen molar-refractivity contribution in [3.05, 3.63) is 41.2 Å². The second-order valence-electron chi connectivity index (χ2n) is 8.29. The van der Waals surface area contributed by atoms with Gasteiger partial charge in [0.25, 0.3) is 0 Å². The second-order valence-corrected chi connectivity index (χ2v) is 9.19. The van der Waals surface area contributed by atoms with Gasteiger partial charge in [-0.25, -0.2) is 9.97 Å². The largest absolute Gasteiger partial charge is 0.436 e. The Morgan fingerprint density at radius 1 is 1.31 bits per heavy atom. The molecular weight excluding hydrogens is 382 g/mol. The van der Waals surface area contributed by atoms with Crippen LogP contribution < -0.4 is 0 Å². The van der Waals surface area contributed by atoms with Gasteiger partial charge in [0.1, 0.15) is 10.5 Å². The summed E-state index contributed by atoms with van der Waals surface area (Å²) in [5.41, 5.74) is 2.96. The zero-order chi connectivity index (χ0) is 20.6. The number of aliphatic hydroxyl groups is 1. The molecule has 1 aliphatic carbocycles. The van der Waals surface area contributed by atoms with Crippen LogP contribution in [0.1, 0.15) is 57.9 Å². The highest BCUT2D eigenvalue weighted by atomic mass is 32.1. The molecule has 0 amide bonds. The van der Waals surface area contributed by atoms with Crippen molar-refractivity contribution < 1.29 is 9.52 Å². The molecule has 0 radical (unpaired) electrons. The highest BCUT2D eigenvalue weighted by Crippen LogP contribution is 2.36. The summed E-state index contributed by atoms with van der Waals surface area (Å²) in [6.45, 7) is 5.69. The molecular formula is C23H27N3O2S. The molecule has 5 nitrogen and oxygen atoms in total. The molecule has 1 saturated carbocycles. The van der Waals surface area contributed by atoms with Crippen molar-refractivity contribution in [3.8, 4) is 10.6 Å². The van der Waals surface area contributed by atoms with Crippen molar-refractivity contribution in [1.29, 1.82) is 5.41 Å². The van der Waals surface area contributed by atoms with E-state index in [4.69, 9.17) is 9.83 Å². The topological polar surface area (TPSA) is 83.0 Å². The van der Waals surface area contributed by atoms with Crippen LogP contribution in [-0.4, -0.2) is 20.8 Å². The van der Waals surface area contributed by atoms with Crippen molar-refractivity contribution in [3.63, 3.8) is 0 Å².